The highest BCUT2D eigenvalue weighted by atomic mass is 16.3. The summed E-state index contributed by atoms with van der Waals surface area (Å²) in [5.74, 6) is -0.284. The van der Waals surface area contributed by atoms with Gasteiger partial charge in [0.25, 0.3) is 5.91 Å². The van der Waals surface area contributed by atoms with Gasteiger partial charge in [0.05, 0.1) is 0 Å². The fourth-order valence-corrected chi connectivity index (χ4v) is 4.27. The lowest BCUT2D eigenvalue weighted by molar-refractivity contribution is -0.112. The molecule has 0 spiro atoms. The number of benzene rings is 2. The summed E-state index contributed by atoms with van der Waals surface area (Å²) in [5.41, 5.74) is 0.633. The molecule has 1 aliphatic carbocycles. The third-order valence-corrected chi connectivity index (χ3v) is 6.08. The Morgan fingerprint density at radius 3 is 2.13 bits per heavy atom. The topological polar surface area (TPSA) is 85.2 Å². The van der Waals surface area contributed by atoms with E-state index in [4.69, 9.17) is 0 Å². The first kappa shape index (κ1) is 22.7. The second-order valence-electron chi connectivity index (χ2n) is 8.42. The van der Waals surface area contributed by atoms with Crippen molar-refractivity contribution in [3.63, 3.8) is 0 Å². The van der Waals surface area contributed by atoms with E-state index in [1.54, 1.807) is 36.5 Å². The number of nitrogens with zero attached hydrogens (tertiary/aromatic N) is 1. The van der Waals surface area contributed by atoms with Gasteiger partial charge in [0.1, 0.15) is 17.4 Å². The van der Waals surface area contributed by atoms with E-state index in [1.165, 1.54) is 57.8 Å². The zero-order valence-corrected chi connectivity index (χ0v) is 18.2. The van der Waals surface area contributed by atoms with E-state index in [-0.39, 0.29) is 11.3 Å². The molecule has 3 rings (SSSR count). The molecule has 3 N–H and O–H groups in total. The highest BCUT2D eigenvalue weighted by molar-refractivity contribution is 6.11. The molecular formula is C26H33N3O2. The van der Waals surface area contributed by atoms with E-state index in [9.17, 15) is 15.2 Å². The van der Waals surface area contributed by atoms with E-state index in [1.807, 2.05) is 12.1 Å². The first-order valence-corrected chi connectivity index (χ1v) is 11.6. The van der Waals surface area contributed by atoms with Crippen LogP contribution >= 0.6 is 0 Å². The van der Waals surface area contributed by atoms with Crippen molar-refractivity contribution in [1.29, 1.82) is 5.26 Å². The molecule has 0 aliphatic heterocycles. The van der Waals surface area contributed by atoms with Crippen molar-refractivity contribution >= 4 is 22.4 Å². The van der Waals surface area contributed by atoms with Crippen molar-refractivity contribution in [3.8, 4) is 11.8 Å². The maximum atomic E-state index is 12.7. The number of carbonyl (C=O) groups is 1. The SMILES string of the molecule is N#C/C(=C/NC1CCCCCCCCCCC1)C(=O)Nc1cccc2c(O)cccc12. The van der Waals surface area contributed by atoms with Gasteiger partial charge in [0.2, 0.25) is 0 Å². The molecule has 5 heteroatoms. The van der Waals surface area contributed by atoms with E-state index >= 15 is 0 Å². The summed E-state index contributed by atoms with van der Waals surface area (Å²) in [7, 11) is 0. The van der Waals surface area contributed by atoms with Crippen LogP contribution in [0.2, 0.25) is 0 Å². The van der Waals surface area contributed by atoms with Gasteiger partial charge in [0, 0.05) is 28.7 Å². The Labute approximate surface area is 185 Å². The number of rotatable bonds is 4. The second kappa shape index (κ2) is 12.0. The average molecular weight is 420 g/mol. The minimum absolute atomic E-state index is 0.0586. The lowest BCUT2D eigenvalue weighted by Gasteiger charge is -2.18. The molecule has 5 nitrogen and oxygen atoms in total. The summed E-state index contributed by atoms with van der Waals surface area (Å²) in [6, 6.07) is 12.9. The van der Waals surface area contributed by atoms with Crippen LogP contribution in [0, 0.1) is 11.3 Å². The zero-order valence-electron chi connectivity index (χ0n) is 18.2. The molecule has 1 fully saturated rings. The minimum atomic E-state index is -0.445. The first-order valence-electron chi connectivity index (χ1n) is 11.6. The fraction of sp³-hybridized carbons (Fsp3) is 0.462. The molecule has 0 bridgehead atoms. The van der Waals surface area contributed by atoms with E-state index in [2.05, 4.69) is 10.6 Å². The number of fused-ring (bicyclic) bond motifs is 1. The van der Waals surface area contributed by atoms with Crippen LogP contribution in [0.5, 0.6) is 5.75 Å². The Kier molecular flexibility index (Phi) is 8.78. The van der Waals surface area contributed by atoms with Crippen LogP contribution in [-0.2, 0) is 4.79 Å². The minimum Gasteiger partial charge on any atom is -0.507 e. The predicted molar refractivity (Wildman–Crippen MR) is 126 cm³/mol. The number of nitrogens with one attached hydrogen (secondary N) is 2. The molecule has 0 unspecified atom stereocenters. The molecule has 0 saturated heterocycles. The maximum Gasteiger partial charge on any atom is 0.267 e. The molecule has 1 aliphatic rings. The van der Waals surface area contributed by atoms with Gasteiger partial charge in [-0.1, -0.05) is 82.1 Å². The van der Waals surface area contributed by atoms with Gasteiger partial charge in [-0.2, -0.15) is 5.26 Å². The van der Waals surface area contributed by atoms with Crippen molar-refractivity contribution < 1.29 is 9.90 Å². The summed E-state index contributed by atoms with van der Waals surface area (Å²) < 4.78 is 0. The summed E-state index contributed by atoms with van der Waals surface area (Å²) in [6.07, 6.45) is 15.2. The van der Waals surface area contributed by atoms with Crippen molar-refractivity contribution in [3.05, 3.63) is 48.2 Å². The lowest BCUT2D eigenvalue weighted by Crippen LogP contribution is -2.26. The molecule has 1 amide bonds. The van der Waals surface area contributed by atoms with Crippen molar-refractivity contribution in [2.45, 2.75) is 76.7 Å². The van der Waals surface area contributed by atoms with Gasteiger partial charge in [-0.3, -0.25) is 4.79 Å². The second-order valence-corrected chi connectivity index (χ2v) is 8.42. The monoisotopic (exact) mass is 419 g/mol. The third kappa shape index (κ3) is 6.75. The maximum absolute atomic E-state index is 12.7. The van der Waals surface area contributed by atoms with Gasteiger partial charge in [-0.25, -0.2) is 0 Å². The smallest absolute Gasteiger partial charge is 0.267 e. The molecular weight excluding hydrogens is 386 g/mol. The van der Waals surface area contributed by atoms with Gasteiger partial charge in [-0.15, -0.1) is 0 Å². The van der Waals surface area contributed by atoms with Crippen molar-refractivity contribution in [2.24, 2.45) is 0 Å². The summed E-state index contributed by atoms with van der Waals surface area (Å²) in [6.45, 7) is 0. The normalized spacial score (nSPS) is 17.2. The number of nitriles is 1. The Hall–Kier alpha value is -3.00. The molecule has 2 aromatic carbocycles. The van der Waals surface area contributed by atoms with Crippen molar-refractivity contribution in [1.82, 2.24) is 5.32 Å². The van der Waals surface area contributed by atoms with Gasteiger partial charge in [0.15, 0.2) is 0 Å². The number of carbonyl (C=O) groups excluding carboxylic acids is 1. The number of hydrogen-bond donors (Lipinski definition) is 3. The highest BCUT2D eigenvalue weighted by Gasteiger charge is 2.14. The Morgan fingerprint density at radius 2 is 1.48 bits per heavy atom. The van der Waals surface area contributed by atoms with Gasteiger partial charge in [-0.05, 0) is 25.0 Å². The average Bonchev–Trinajstić information content (AvgIpc) is 2.76. The zero-order chi connectivity index (χ0) is 21.9. The molecule has 0 aromatic heterocycles. The molecule has 31 heavy (non-hydrogen) atoms. The number of aromatic hydroxyl groups is 1. The largest absolute Gasteiger partial charge is 0.507 e. The number of phenolic OH excluding ortho intramolecular Hbond substituents is 1. The molecule has 1 saturated carbocycles. The third-order valence-electron chi connectivity index (χ3n) is 6.08. The van der Waals surface area contributed by atoms with Crippen LogP contribution < -0.4 is 10.6 Å². The Morgan fingerprint density at radius 1 is 0.903 bits per heavy atom. The first-order chi connectivity index (χ1) is 15.2. The van der Waals surface area contributed by atoms with Crippen LogP contribution in [0.4, 0.5) is 5.69 Å². The lowest BCUT2D eigenvalue weighted by atomic mass is 9.98. The van der Waals surface area contributed by atoms with E-state index in [0.717, 1.165) is 18.2 Å². The summed E-state index contributed by atoms with van der Waals surface area (Å²) in [5, 5.41) is 27.2. The highest BCUT2D eigenvalue weighted by Crippen LogP contribution is 2.30. The molecule has 0 radical (unpaired) electrons. The summed E-state index contributed by atoms with van der Waals surface area (Å²) in [4.78, 5) is 12.7. The predicted octanol–water partition coefficient (Wildman–Crippen LogP) is 6.15. The fourth-order valence-electron chi connectivity index (χ4n) is 4.27. The molecule has 2 aromatic rings. The quantitative estimate of drug-likeness (QED) is 0.409. The van der Waals surface area contributed by atoms with Crippen LogP contribution in [0.15, 0.2) is 48.2 Å². The van der Waals surface area contributed by atoms with Crippen molar-refractivity contribution in [2.75, 3.05) is 5.32 Å². The van der Waals surface area contributed by atoms with Crippen LogP contribution in [-0.4, -0.2) is 17.1 Å². The molecule has 0 atom stereocenters. The number of phenols is 1. The van der Waals surface area contributed by atoms with Crippen LogP contribution in [0.3, 0.4) is 0 Å². The standard InChI is InChI=1S/C26H33N3O2/c27-18-20(19-28-21-12-8-6-4-2-1-3-5-7-9-13-21)26(31)29-24-16-10-15-23-22(24)14-11-17-25(23)30/h10-11,14-17,19,21,28,30H,1-9,12-13H2,(H,29,31)/b20-19-. The van der Waals surface area contributed by atoms with Crippen LogP contribution in [0.25, 0.3) is 10.8 Å². The van der Waals surface area contributed by atoms with E-state index < -0.39 is 5.91 Å². The molecule has 164 valence electrons. The summed E-state index contributed by atoms with van der Waals surface area (Å²) >= 11 is 0. The van der Waals surface area contributed by atoms with Gasteiger partial charge < -0.3 is 15.7 Å². The Bertz CT molecular complexity index is 933. The number of hydrogen-bond acceptors (Lipinski definition) is 4. The van der Waals surface area contributed by atoms with Crippen LogP contribution in [0.1, 0.15) is 70.6 Å². The molecule has 0 heterocycles. The van der Waals surface area contributed by atoms with E-state index in [0.29, 0.717) is 17.1 Å². The van der Waals surface area contributed by atoms with Gasteiger partial charge >= 0.3 is 0 Å². The number of amides is 1. The Balaban J connectivity index is 1.65. The number of anilines is 1.